The number of nitrogens with two attached hydrogens (primary N) is 1. The average Bonchev–Trinajstić information content (AvgIpc) is 2.48. The van der Waals surface area contributed by atoms with Crippen molar-refractivity contribution in [2.75, 3.05) is 5.73 Å². The molecular formula is C15H9BrClFN2O. The molecule has 0 aliphatic rings. The van der Waals surface area contributed by atoms with E-state index in [1.807, 2.05) is 18.2 Å². The Kier molecular flexibility index (Phi) is 3.69. The van der Waals surface area contributed by atoms with Crippen LogP contribution in [0.2, 0.25) is 5.02 Å². The van der Waals surface area contributed by atoms with Gasteiger partial charge in [0.2, 0.25) is 0 Å². The predicted molar refractivity (Wildman–Crippen MR) is 85.3 cm³/mol. The molecule has 0 fully saturated rings. The summed E-state index contributed by atoms with van der Waals surface area (Å²) in [5, 5.41) is 0.627. The number of nitrogen functional groups attached to an aromatic ring is 1. The number of anilines is 1. The Labute approximate surface area is 133 Å². The van der Waals surface area contributed by atoms with Crippen LogP contribution in [-0.4, -0.2) is 4.98 Å². The van der Waals surface area contributed by atoms with Crippen LogP contribution in [0.15, 0.2) is 47.1 Å². The van der Waals surface area contributed by atoms with Crippen molar-refractivity contribution >= 4 is 44.1 Å². The molecule has 21 heavy (non-hydrogen) atoms. The van der Waals surface area contributed by atoms with Gasteiger partial charge in [-0.25, -0.2) is 4.39 Å². The fourth-order valence-corrected chi connectivity index (χ4v) is 2.43. The number of nitrogens with zero attached hydrogens (tertiary/aromatic N) is 1. The molecular weight excluding hydrogens is 359 g/mol. The Bertz CT molecular complexity index is 841. The average molecular weight is 368 g/mol. The van der Waals surface area contributed by atoms with Crippen LogP contribution in [0.5, 0.6) is 11.5 Å². The van der Waals surface area contributed by atoms with Crippen LogP contribution in [0, 0.1) is 5.82 Å². The highest BCUT2D eigenvalue weighted by Gasteiger charge is 2.13. The molecule has 0 amide bonds. The molecule has 6 heteroatoms. The number of hydrogen-bond acceptors (Lipinski definition) is 3. The molecule has 2 aromatic carbocycles. The van der Waals surface area contributed by atoms with Crippen LogP contribution >= 0.6 is 27.5 Å². The molecule has 3 aromatic rings. The topological polar surface area (TPSA) is 48.1 Å². The van der Waals surface area contributed by atoms with Gasteiger partial charge in [-0.05, 0) is 36.4 Å². The number of benzene rings is 2. The molecule has 0 bridgehead atoms. The highest BCUT2D eigenvalue weighted by molar-refractivity contribution is 9.10. The first-order chi connectivity index (χ1) is 10.1. The molecule has 0 unspecified atom stereocenters. The highest BCUT2D eigenvalue weighted by Crippen LogP contribution is 2.35. The molecule has 0 radical (unpaired) electrons. The molecule has 1 aromatic heterocycles. The maximum absolute atomic E-state index is 14.1. The predicted octanol–water partition coefficient (Wildman–Crippen LogP) is 5.16. The van der Waals surface area contributed by atoms with Gasteiger partial charge in [0.05, 0.1) is 11.2 Å². The normalized spacial score (nSPS) is 10.8. The lowest BCUT2D eigenvalue weighted by Gasteiger charge is -2.11. The Morgan fingerprint density at radius 3 is 2.76 bits per heavy atom. The lowest BCUT2D eigenvalue weighted by atomic mass is 10.2. The van der Waals surface area contributed by atoms with E-state index in [2.05, 4.69) is 20.9 Å². The zero-order valence-electron chi connectivity index (χ0n) is 10.6. The summed E-state index contributed by atoms with van der Waals surface area (Å²) in [5.41, 5.74) is 6.46. The zero-order chi connectivity index (χ0) is 15.0. The Balaban J connectivity index is 2.08. The standard InChI is InChI=1S/C15H9BrClFN2O/c16-8-1-2-9-11(7-8)20-6-5-12(9)21-13-4-3-10(19)14(17)15(13)18/h1-7H,19H2. The largest absolute Gasteiger partial charge is 0.453 e. The first kappa shape index (κ1) is 14.1. The Hall–Kier alpha value is -1.85. The van der Waals surface area contributed by atoms with Crippen molar-refractivity contribution in [2.45, 2.75) is 0 Å². The van der Waals surface area contributed by atoms with Crippen LogP contribution < -0.4 is 10.5 Å². The zero-order valence-corrected chi connectivity index (χ0v) is 13.0. The minimum Gasteiger partial charge on any atom is -0.453 e. The minimum atomic E-state index is -0.682. The summed E-state index contributed by atoms with van der Waals surface area (Å²) < 4.78 is 20.6. The fourth-order valence-electron chi connectivity index (χ4n) is 1.93. The molecule has 3 rings (SSSR count). The Morgan fingerprint density at radius 1 is 1.14 bits per heavy atom. The first-order valence-electron chi connectivity index (χ1n) is 6.02. The van der Waals surface area contributed by atoms with Gasteiger partial charge in [0.25, 0.3) is 0 Å². The van der Waals surface area contributed by atoms with Gasteiger partial charge >= 0.3 is 0 Å². The van der Waals surface area contributed by atoms with Gasteiger partial charge in [-0.1, -0.05) is 27.5 Å². The summed E-state index contributed by atoms with van der Waals surface area (Å²) >= 11 is 9.17. The van der Waals surface area contributed by atoms with E-state index in [9.17, 15) is 4.39 Å². The molecule has 0 saturated carbocycles. The molecule has 0 aliphatic heterocycles. The van der Waals surface area contributed by atoms with Crippen molar-refractivity contribution in [3.63, 3.8) is 0 Å². The van der Waals surface area contributed by atoms with Gasteiger partial charge in [0.15, 0.2) is 11.6 Å². The van der Waals surface area contributed by atoms with E-state index in [4.69, 9.17) is 22.1 Å². The molecule has 1 heterocycles. The summed E-state index contributed by atoms with van der Waals surface area (Å²) in [6, 6.07) is 10.2. The van der Waals surface area contributed by atoms with Crippen molar-refractivity contribution in [1.82, 2.24) is 4.98 Å². The van der Waals surface area contributed by atoms with E-state index in [1.165, 1.54) is 12.1 Å². The molecule has 0 spiro atoms. The number of fused-ring (bicyclic) bond motifs is 1. The van der Waals surface area contributed by atoms with Crippen LogP contribution in [0.4, 0.5) is 10.1 Å². The number of aromatic nitrogens is 1. The van der Waals surface area contributed by atoms with Crippen LogP contribution in [0.1, 0.15) is 0 Å². The smallest absolute Gasteiger partial charge is 0.186 e. The molecule has 0 saturated heterocycles. The summed E-state index contributed by atoms with van der Waals surface area (Å²) in [6.07, 6.45) is 1.60. The molecule has 106 valence electrons. The molecule has 0 atom stereocenters. The van der Waals surface area contributed by atoms with E-state index < -0.39 is 5.82 Å². The van der Waals surface area contributed by atoms with Gasteiger partial charge in [-0.2, -0.15) is 0 Å². The van der Waals surface area contributed by atoms with Gasteiger partial charge in [-0.15, -0.1) is 0 Å². The number of pyridine rings is 1. The molecule has 2 N–H and O–H groups in total. The van der Waals surface area contributed by atoms with E-state index in [-0.39, 0.29) is 16.5 Å². The van der Waals surface area contributed by atoms with Crippen molar-refractivity contribution in [3.8, 4) is 11.5 Å². The third-order valence-electron chi connectivity index (χ3n) is 2.96. The Morgan fingerprint density at radius 2 is 1.95 bits per heavy atom. The SMILES string of the molecule is Nc1ccc(Oc2ccnc3cc(Br)ccc23)c(F)c1Cl. The summed E-state index contributed by atoms with van der Waals surface area (Å²) in [4.78, 5) is 4.25. The lowest BCUT2D eigenvalue weighted by Crippen LogP contribution is -1.94. The van der Waals surface area contributed by atoms with E-state index in [1.54, 1.807) is 12.3 Å². The second-order valence-electron chi connectivity index (χ2n) is 4.35. The highest BCUT2D eigenvalue weighted by atomic mass is 79.9. The van der Waals surface area contributed by atoms with E-state index in [0.717, 1.165) is 15.4 Å². The number of rotatable bonds is 2. The molecule has 3 nitrogen and oxygen atoms in total. The number of hydrogen-bond donors (Lipinski definition) is 1. The summed E-state index contributed by atoms with van der Waals surface area (Å²) in [7, 11) is 0. The van der Waals surface area contributed by atoms with Crippen molar-refractivity contribution < 1.29 is 9.13 Å². The maximum atomic E-state index is 14.1. The third-order valence-corrected chi connectivity index (χ3v) is 3.84. The van der Waals surface area contributed by atoms with Crippen molar-refractivity contribution in [2.24, 2.45) is 0 Å². The van der Waals surface area contributed by atoms with E-state index in [0.29, 0.717) is 5.75 Å². The van der Waals surface area contributed by atoms with Gasteiger partial charge in [0.1, 0.15) is 10.8 Å². The summed E-state index contributed by atoms with van der Waals surface area (Å²) in [5.74, 6) is -0.171. The lowest BCUT2D eigenvalue weighted by molar-refractivity contribution is 0.446. The number of ether oxygens (including phenoxy) is 1. The monoisotopic (exact) mass is 366 g/mol. The van der Waals surface area contributed by atoms with Crippen molar-refractivity contribution in [1.29, 1.82) is 0 Å². The van der Waals surface area contributed by atoms with Gasteiger partial charge in [0, 0.05) is 16.1 Å². The van der Waals surface area contributed by atoms with E-state index >= 15 is 0 Å². The van der Waals surface area contributed by atoms with Gasteiger partial charge < -0.3 is 10.5 Å². The number of halogens is 3. The van der Waals surface area contributed by atoms with Crippen LogP contribution in [0.3, 0.4) is 0 Å². The maximum Gasteiger partial charge on any atom is 0.186 e. The summed E-state index contributed by atoms with van der Waals surface area (Å²) in [6.45, 7) is 0. The minimum absolute atomic E-state index is 0.0182. The van der Waals surface area contributed by atoms with Gasteiger partial charge in [-0.3, -0.25) is 4.98 Å². The van der Waals surface area contributed by atoms with Crippen molar-refractivity contribution in [3.05, 3.63) is 57.9 Å². The second kappa shape index (κ2) is 5.50. The fraction of sp³-hybridized carbons (Fsp3) is 0. The first-order valence-corrected chi connectivity index (χ1v) is 7.19. The second-order valence-corrected chi connectivity index (χ2v) is 5.65. The third kappa shape index (κ3) is 2.66. The van der Waals surface area contributed by atoms with Crippen LogP contribution in [0.25, 0.3) is 10.9 Å². The molecule has 0 aliphatic carbocycles. The quantitative estimate of drug-likeness (QED) is 0.636. The van der Waals surface area contributed by atoms with Crippen LogP contribution in [-0.2, 0) is 0 Å².